The number of carbonyl (C=O) groups excluding carboxylic acids is 3. The van der Waals surface area contributed by atoms with Gasteiger partial charge in [0.05, 0.1) is 6.04 Å². The molecule has 0 fully saturated rings. The van der Waals surface area contributed by atoms with Gasteiger partial charge in [0.15, 0.2) is 5.13 Å². The Hall–Kier alpha value is -2.66. The van der Waals surface area contributed by atoms with E-state index >= 15 is 0 Å². The number of hydrazine groups is 1. The van der Waals surface area contributed by atoms with Crippen LogP contribution < -0.4 is 16.2 Å². The highest BCUT2D eigenvalue weighted by Gasteiger charge is 2.17. The van der Waals surface area contributed by atoms with Crippen LogP contribution in [0.25, 0.3) is 11.1 Å². The van der Waals surface area contributed by atoms with E-state index in [1.54, 1.807) is 41.5 Å². The average Bonchev–Trinajstić information content (AvgIpc) is 3.32. The van der Waals surface area contributed by atoms with Crippen molar-refractivity contribution in [3.63, 3.8) is 0 Å². The van der Waals surface area contributed by atoms with E-state index in [0.29, 0.717) is 27.6 Å². The van der Waals surface area contributed by atoms with Gasteiger partial charge in [0.2, 0.25) is 0 Å². The lowest BCUT2D eigenvalue weighted by Crippen LogP contribution is -2.45. The molecule has 3 aromatic rings. The maximum atomic E-state index is 12.9. The zero-order valence-electron chi connectivity index (χ0n) is 17.2. The first kappa shape index (κ1) is 24.0. The molecule has 0 bridgehead atoms. The molecule has 0 saturated heterocycles. The number of hydrogen-bond donors (Lipinski definition) is 3. The van der Waals surface area contributed by atoms with Crippen LogP contribution in [0.3, 0.4) is 0 Å². The fourth-order valence-electron chi connectivity index (χ4n) is 2.79. The Labute approximate surface area is 198 Å². The van der Waals surface area contributed by atoms with E-state index in [1.165, 1.54) is 11.3 Å². The number of thioether (sulfide) groups is 2. The summed E-state index contributed by atoms with van der Waals surface area (Å²) in [5, 5.41) is 4.78. The quantitative estimate of drug-likeness (QED) is 0.217. The molecular weight excluding hydrogens is 464 g/mol. The maximum absolute atomic E-state index is 12.9. The van der Waals surface area contributed by atoms with Gasteiger partial charge >= 0.3 is 0 Å². The van der Waals surface area contributed by atoms with Crippen molar-refractivity contribution < 1.29 is 14.4 Å². The van der Waals surface area contributed by atoms with Crippen LogP contribution in [0.4, 0.5) is 9.93 Å². The molecule has 0 saturated carbocycles. The van der Waals surface area contributed by atoms with Gasteiger partial charge in [0.25, 0.3) is 11.1 Å². The highest BCUT2D eigenvalue weighted by Crippen LogP contribution is 2.30. The second-order valence-corrected chi connectivity index (χ2v) is 9.47. The van der Waals surface area contributed by atoms with Crippen LogP contribution in [0.2, 0.25) is 0 Å². The van der Waals surface area contributed by atoms with E-state index in [-0.39, 0.29) is 11.1 Å². The van der Waals surface area contributed by atoms with Crippen LogP contribution in [-0.2, 0) is 4.79 Å². The van der Waals surface area contributed by atoms with E-state index in [4.69, 9.17) is 0 Å². The summed E-state index contributed by atoms with van der Waals surface area (Å²) in [6, 6.07) is 14.2. The van der Waals surface area contributed by atoms with E-state index in [9.17, 15) is 14.4 Å². The van der Waals surface area contributed by atoms with Crippen molar-refractivity contribution in [1.82, 2.24) is 15.8 Å². The number of rotatable bonds is 10. The summed E-state index contributed by atoms with van der Waals surface area (Å²) in [7, 11) is 0. The van der Waals surface area contributed by atoms with Crippen LogP contribution in [0, 0.1) is 0 Å². The number of nitrogens with zero attached hydrogens (tertiary/aromatic N) is 1. The van der Waals surface area contributed by atoms with Crippen LogP contribution in [0.15, 0.2) is 65.0 Å². The zero-order chi connectivity index (χ0) is 22.8. The molecule has 1 heterocycles. The third kappa shape index (κ3) is 6.92. The minimum absolute atomic E-state index is 0.263. The third-order valence-electron chi connectivity index (χ3n) is 4.34. The molecule has 0 aliphatic carbocycles. The van der Waals surface area contributed by atoms with Gasteiger partial charge in [0.1, 0.15) is 6.29 Å². The molecule has 10 heteroatoms. The first-order valence-electron chi connectivity index (χ1n) is 9.68. The Morgan fingerprint density at radius 2 is 2.00 bits per heavy atom. The molecule has 0 spiro atoms. The minimum Gasteiger partial charge on any atom is -0.302 e. The van der Waals surface area contributed by atoms with Gasteiger partial charge in [-0.25, -0.2) is 10.4 Å². The summed E-state index contributed by atoms with van der Waals surface area (Å²) in [6.45, 7) is 0. The molecule has 0 aliphatic rings. The van der Waals surface area contributed by atoms with Gasteiger partial charge in [-0.1, -0.05) is 30.3 Å². The number of thiazole rings is 1. The molecule has 1 atom stereocenters. The Morgan fingerprint density at radius 1 is 1.19 bits per heavy atom. The van der Waals surface area contributed by atoms with Gasteiger partial charge < -0.3 is 4.79 Å². The molecule has 2 amide bonds. The van der Waals surface area contributed by atoms with Crippen molar-refractivity contribution in [2.75, 3.05) is 17.3 Å². The smallest absolute Gasteiger partial charge is 0.290 e. The normalized spacial score (nSPS) is 11.5. The summed E-state index contributed by atoms with van der Waals surface area (Å²) in [6.07, 6.45) is 4.98. The largest absolute Gasteiger partial charge is 0.302 e. The molecule has 0 radical (unpaired) electrons. The Balaban J connectivity index is 1.78. The molecule has 32 heavy (non-hydrogen) atoms. The van der Waals surface area contributed by atoms with Gasteiger partial charge in [-0.15, -0.1) is 11.3 Å². The lowest BCUT2D eigenvalue weighted by molar-refractivity contribution is -0.109. The first-order chi connectivity index (χ1) is 15.6. The molecule has 7 nitrogen and oxygen atoms in total. The fourth-order valence-corrected chi connectivity index (χ4v) is 4.54. The number of carbonyl (C=O) groups is 3. The predicted octanol–water partition coefficient (Wildman–Crippen LogP) is 4.69. The number of amides is 2. The van der Waals surface area contributed by atoms with Gasteiger partial charge in [-0.3, -0.25) is 20.3 Å². The Morgan fingerprint density at radius 3 is 2.69 bits per heavy atom. The average molecular weight is 487 g/mol. The maximum Gasteiger partial charge on any atom is 0.290 e. The van der Waals surface area contributed by atoms with Crippen LogP contribution >= 0.6 is 34.9 Å². The van der Waals surface area contributed by atoms with Crippen molar-refractivity contribution in [2.45, 2.75) is 17.4 Å². The van der Waals surface area contributed by atoms with Gasteiger partial charge in [0, 0.05) is 22.0 Å². The number of hydrogen-bond acceptors (Lipinski definition) is 8. The number of anilines is 1. The van der Waals surface area contributed by atoms with Crippen LogP contribution in [0.5, 0.6) is 0 Å². The van der Waals surface area contributed by atoms with Crippen molar-refractivity contribution >= 4 is 57.4 Å². The molecule has 3 rings (SSSR count). The number of nitrogens with one attached hydrogen (secondary N) is 3. The second kappa shape index (κ2) is 12.4. The molecule has 1 aromatic heterocycles. The van der Waals surface area contributed by atoms with E-state index in [0.717, 1.165) is 29.4 Å². The topological polar surface area (TPSA) is 100 Å². The van der Waals surface area contributed by atoms with Crippen molar-refractivity contribution in [3.05, 3.63) is 65.7 Å². The lowest BCUT2D eigenvalue weighted by atomic mass is 9.99. The predicted molar refractivity (Wildman–Crippen MR) is 132 cm³/mol. The Bertz CT molecular complexity index is 1050. The Kier molecular flexibility index (Phi) is 9.29. The lowest BCUT2D eigenvalue weighted by Gasteiger charge is -2.15. The SMILES string of the molecule is CSCC[C@H](C=O)NNC(=O)c1ccc(SC(=O)Nc2nccs2)cc1-c1ccccc1. The fraction of sp³-hybridized carbons (Fsp3) is 0.182. The number of aromatic nitrogens is 1. The van der Waals surface area contributed by atoms with Crippen molar-refractivity contribution in [1.29, 1.82) is 0 Å². The van der Waals surface area contributed by atoms with Gasteiger partial charge in [-0.2, -0.15) is 11.8 Å². The number of benzene rings is 2. The summed E-state index contributed by atoms with van der Waals surface area (Å²) < 4.78 is 0. The second-order valence-electron chi connectivity index (χ2n) is 6.55. The van der Waals surface area contributed by atoms with Gasteiger partial charge in [-0.05, 0) is 59.5 Å². The zero-order valence-corrected chi connectivity index (χ0v) is 19.7. The third-order valence-corrected chi connectivity index (χ3v) is 6.45. The molecular formula is C22H22N4O3S3. The van der Waals surface area contributed by atoms with Crippen LogP contribution in [0.1, 0.15) is 16.8 Å². The van der Waals surface area contributed by atoms with Crippen molar-refractivity contribution in [3.8, 4) is 11.1 Å². The van der Waals surface area contributed by atoms with E-state index in [1.807, 2.05) is 36.6 Å². The monoisotopic (exact) mass is 486 g/mol. The van der Waals surface area contributed by atoms with E-state index < -0.39 is 6.04 Å². The minimum atomic E-state index is -0.462. The molecule has 0 aliphatic heterocycles. The molecule has 166 valence electrons. The molecule has 3 N–H and O–H groups in total. The molecule has 2 aromatic carbocycles. The highest BCUT2D eigenvalue weighted by molar-refractivity contribution is 8.14. The first-order valence-corrected chi connectivity index (χ1v) is 12.8. The summed E-state index contributed by atoms with van der Waals surface area (Å²) in [4.78, 5) is 41.2. The highest BCUT2D eigenvalue weighted by atomic mass is 32.2. The standard InChI is InChI=1S/C22H22N4O3S3/c1-30-11-9-16(14-27)25-26-20(28)18-8-7-17(13-19(18)15-5-3-2-4-6-15)32-22(29)24-21-23-10-12-31-21/h2-8,10,12-14,16,25H,9,11H2,1H3,(H,26,28)(H,23,24,29)/t16-/m1/s1. The summed E-state index contributed by atoms with van der Waals surface area (Å²) in [5.41, 5.74) is 7.39. The summed E-state index contributed by atoms with van der Waals surface area (Å²) in [5.74, 6) is 0.444. The van der Waals surface area contributed by atoms with E-state index in [2.05, 4.69) is 21.2 Å². The van der Waals surface area contributed by atoms with Crippen molar-refractivity contribution in [2.24, 2.45) is 0 Å². The number of aldehydes is 1. The molecule has 0 unspecified atom stereocenters. The summed E-state index contributed by atoms with van der Waals surface area (Å²) >= 11 is 4.00. The van der Waals surface area contributed by atoms with Crippen LogP contribution in [-0.4, -0.2) is 40.5 Å².